The van der Waals surface area contributed by atoms with Crippen molar-refractivity contribution in [2.45, 2.75) is 19.9 Å². The summed E-state index contributed by atoms with van der Waals surface area (Å²) in [5.41, 5.74) is 4.16. The summed E-state index contributed by atoms with van der Waals surface area (Å²) in [7, 11) is 0. The zero-order valence-electron chi connectivity index (χ0n) is 9.31. The largest absolute Gasteiger partial charge is 0.311 e. The Labute approximate surface area is 99.6 Å². The first-order valence-electron chi connectivity index (χ1n) is 5.36. The number of nitrogens with zero attached hydrogens (tertiary/aromatic N) is 2. The Balaban J connectivity index is 1.72. The highest BCUT2D eigenvalue weighted by Gasteiger charge is 2.00. The van der Waals surface area contributed by atoms with E-state index in [-0.39, 0.29) is 0 Å². The normalized spacial score (nSPS) is 10.6. The molecular formula is C12H15N3S. The van der Waals surface area contributed by atoms with E-state index in [1.807, 2.05) is 30.8 Å². The van der Waals surface area contributed by atoms with Gasteiger partial charge in [0.05, 0.1) is 11.2 Å². The number of aryl methyl sites for hydroxylation is 1. The highest BCUT2D eigenvalue weighted by atomic mass is 32.1. The molecule has 0 amide bonds. The zero-order valence-corrected chi connectivity index (χ0v) is 10.1. The first-order chi connectivity index (χ1) is 7.86. The fourth-order valence-electron chi connectivity index (χ4n) is 1.46. The number of aromatic nitrogens is 2. The molecule has 2 rings (SSSR count). The molecule has 0 aliphatic rings. The molecule has 0 aliphatic heterocycles. The lowest BCUT2D eigenvalue weighted by Crippen LogP contribution is -2.16. The van der Waals surface area contributed by atoms with Crippen LogP contribution in [0.4, 0.5) is 0 Å². The van der Waals surface area contributed by atoms with Crippen LogP contribution in [0.3, 0.4) is 0 Å². The first-order valence-corrected chi connectivity index (χ1v) is 6.24. The lowest BCUT2D eigenvalue weighted by atomic mass is 10.2. The molecule has 16 heavy (non-hydrogen) atoms. The minimum Gasteiger partial charge on any atom is -0.311 e. The molecule has 2 heterocycles. The second kappa shape index (κ2) is 5.72. The molecule has 0 atom stereocenters. The topological polar surface area (TPSA) is 37.8 Å². The smallest absolute Gasteiger partial charge is 0.0798 e. The Bertz CT molecular complexity index is 425. The van der Waals surface area contributed by atoms with E-state index in [2.05, 4.69) is 21.4 Å². The third-order valence-corrected chi connectivity index (χ3v) is 3.35. The van der Waals surface area contributed by atoms with E-state index >= 15 is 0 Å². The van der Waals surface area contributed by atoms with Gasteiger partial charge >= 0.3 is 0 Å². The van der Waals surface area contributed by atoms with Gasteiger partial charge in [-0.15, -0.1) is 11.3 Å². The summed E-state index contributed by atoms with van der Waals surface area (Å²) in [6.45, 7) is 3.91. The average Bonchev–Trinajstić information content (AvgIpc) is 2.72. The maximum absolute atomic E-state index is 4.28. The zero-order chi connectivity index (χ0) is 11.2. The Morgan fingerprint density at radius 3 is 2.94 bits per heavy atom. The molecule has 0 aromatic carbocycles. The van der Waals surface area contributed by atoms with Crippen LogP contribution in [-0.4, -0.2) is 16.5 Å². The minimum absolute atomic E-state index is 0.906. The summed E-state index contributed by atoms with van der Waals surface area (Å²) in [6.07, 6.45) is 2.81. The van der Waals surface area contributed by atoms with E-state index in [1.165, 1.54) is 4.88 Å². The molecule has 0 saturated carbocycles. The molecule has 0 saturated heterocycles. The summed E-state index contributed by atoms with van der Waals surface area (Å²) in [6, 6.07) is 6.02. The van der Waals surface area contributed by atoms with Gasteiger partial charge in [0, 0.05) is 36.3 Å². The molecule has 84 valence electrons. The summed E-state index contributed by atoms with van der Waals surface area (Å²) in [4.78, 5) is 9.82. The predicted molar refractivity (Wildman–Crippen MR) is 66.5 cm³/mol. The number of nitrogens with one attached hydrogen (secondary N) is 1. The van der Waals surface area contributed by atoms with E-state index in [0.29, 0.717) is 0 Å². The van der Waals surface area contributed by atoms with Crippen molar-refractivity contribution in [1.82, 2.24) is 15.3 Å². The molecule has 0 bridgehead atoms. The van der Waals surface area contributed by atoms with Crippen LogP contribution in [0.15, 0.2) is 29.9 Å². The van der Waals surface area contributed by atoms with E-state index in [9.17, 15) is 0 Å². The molecule has 3 nitrogen and oxygen atoms in total. The number of hydrogen-bond acceptors (Lipinski definition) is 4. The lowest BCUT2D eigenvalue weighted by Gasteiger charge is -2.03. The maximum atomic E-state index is 4.28. The van der Waals surface area contributed by atoms with Crippen LogP contribution in [0.25, 0.3) is 0 Å². The van der Waals surface area contributed by atoms with Gasteiger partial charge in [-0.3, -0.25) is 4.98 Å². The van der Waals surface area contributed by atoms with Crippen molar-refractivity contribution in [3.63, 3.8) is 0 Å². The highest BCUT2D eigenvalue weighted by Crippen LogP contribution is 2.10. The van der Waals surface area contributed by atoms with Crippen molar-refractivity contribution in [2.24, 2.45) is 0 Å². The third kappa shape index (κ3) is 3.12. The number of rotatable bonds is 5. The second-order valence-corrected chi connectivity index (χ2v) is 4.55. The first kappa shape index (κ1) is 11.2. The molecule has 0 aliphatic carbocycles. The Morgan fingerprint density at radius 1 is 1.31 bits per heavy atom. The third-order valence-electron chi connectivity index (χ3n) is 2.41. The van der Waals surface area contributed by atoms with Crippen molar-refractivity contribution in [3.8, 4) is 0 Å². The Hall–Kier alpha value is -1.26. The standard InChI is InChI=1S/C12H15N3S/c1-10-12(16-9-15-10)8-13-7-5-11-4-2-3-6-14-11/h2-4,6,9,13H,5,7-8H2,1H3. The minimum atomic E-state index is 0.906. The summed E-state index contributed by atoms with van der Waals surface area (Å²) < 4.78 is 0. The summed E-state index contributed by atoms with van der Waals surface area (Å²) in [5.74, 6) is 0. The Morgan fingerprint density at radius 2 is 2.25 bits per heavy atom. The van der Waals surface area contributed by atoms with Crippen LogP contribution < -0.4 is 5.32 Å². The van der Waals surface area contributed by atoms with Gasteiger partial charge < -0.3 is 5.32 Å². The number of pyridine rings is 1. The van der Waals surface area contributed by atoms with Crippen molar-refractivity contribution in [2.75, 3.05) is 6.54 Å². The van der Waals surface area contributed by atoms with E-state index in [0.717, 1.165) is 30.9 Å². The van der Waals surface area contributed by atoms with Crippen LogP contribution in [0.1, 0.15) is 16.3 Å². The SMILES string of the molecule is Cc1ncsc1CNCCc1ccccn1. The second-order valence-electron chi connectivity index (χ2n) is 3.61. The fourth-order valence-corrected chi connectivity index (χ4v) is 2.21. The number of hydrogen-bond donors (Lipinski definition) is 1. The summed E-state index contributed by atoms with van der Waals surface area (Å²) >= 11 is 1.71. The van der Waals surface area contributed by atoms with Crippen LogP contribution in [-0.2, 0) is 13.0 Å². The van der Waals surface area contributed by atoms with Gasteiger partial charge in [-0.2, -0.15) is 0 Å². The molecule has 2 aromatic heterocycles. The van der Waals surface area contributed by atoms with Crippen LogP contribution >= 0.6 is 11.3 Å². The van der Waals surface area contributed by atoms with Gasteiger partial charge in [0.15, 0.2) is 0 Å². The molecule has 0 spiro atoms. The predicted octanol–water partition coefficient (Wildman–Crippen LogP) is 2.18. The quantitative estimate of drug-likeness (QED) is 0.804. The van der Waals surface area contributed by atoms with E-state index < -0.39 is 0 Å². The molecule has 0 unspecified atom stereocenters. The van der Waals surface area contributed by atoms with Crippen molar-refractivity contribution in [3.05, 3.63) is 46.2 Å². The van der Waals surface area contributed by atoms with Crippen LogP contribution in [0.2, 0.25) is 0 Å². The van der Waals surface area contributed by atoms with Crippen LogP contribution in [0, 0.1) is 6.92 Å². The maximum Gasteiger partial charge on any atom is 0.0798 e. The monoisotopic (exact) mass is 233 g/mol. The van der Waals surface area contributed by atoms with E-state index in [1.54, 1.807) is 11.3 Å². The van der Waals surface area contributed by atoms with E-state index in [4.69, 9.17) is 0 Å². The molecule has 0 fully saturated rings. The molecule has 0 radical (unpaired) electrons. The molecular weight excluding hydrogens is 218 g/mol. The van der Waals surface area contributed by atoms with Gasteiger partial charge in [-0.05, 0) is 19.1 Å². The van der Waals surface area contributed by atoms with Gasteiger partial charge in [0.2, 0.25) is 0 Å². The lowest BCUT2D eigenvalue weighted by molar-refractivity contribution is 0.683. The van der Waals surface area contributed by atoms with Gasteiger partial charge in [0.25, 0.3) is 0 Å². The molecule has 4 heteroatoms. The van der Waals surface area contributed by atoms with Crippen molar-refractivity contribution < 1.29 is 0 Å². The van der Waals surface area contributed by atoms with Crippen molar-refractivity contribution >= 4 is 11.3 Å². The molecule has 2 aromatic rings. The van der Waals surface area contributed by atoms with Crippen molar-refractivity contribution in [1.29, 1.82) is 0 Å². The van der Waals surface area contributed by atoms with Gasteiger partial charge in [0.1, 0.15) is 0 Å². The fraction of sp³-hybridized carbons (Fsp3) is 0.333. The van der Waals surface area contributed by atoms with Gasteiger partial charge in [-0.1, -0.05) is 6.07 Å². The average molecular weight is 233 g/mol. The summed E-state index contributed by atoms with van der Waals surface area (Å²) in [5, 5.41) is 3.41. The highest BCUT2D eigenvalue weighted by molar-refractivity contribution is 7.09. The molecule has 1 N–H and O–H groups in total. The number of thiazole rings is 1. The van der Waals surface area contributed by atoms with Crippen LogP contribution in [0.5, 0.6) is 0 Å². The Kier molecular flexibility index (Phi) is 4.02. The van der Waals surface area contributed by atoms with Gasteiger partial charge in [-0.25, -0.2) is 4.98 Å².